The number of alkyl halides is 3. The Morgan fingerprint density at radius 3 is 2.81 bits per heavy atom. The van der Waals surface area contributed by atoms with Crippen molar-refractivity contribution in [3.63, 3.8) is 0 Å². The van der Waals surface area contributed by atoms with Gasteiger partial charge in [-0.2, -0.15) is 13.2 Å². The summed E-state index contributed by atoms with van der Waals surface area (Å²) in [5.41, 5.74) is 0.883. The lowest BCUT2D eigenvalue weighted by molar-refractivity contribution is -0.147. The minimum atomic E-state index is -4.54. The molecule has 1 unspecified atom stereocenters. The van der Waals surface area contributed by atoms with Crippen LogP contribution in [0, 0.1) is 5.92 Å². The van der Waals surface area contributed by atoms with Crippen LogP contribution in [-0.2, 0) is 6.18 Å². The van der Waals surface area contributed by atoms with E-state index < -0.39 is 18.0 Å². The van der Waals surface area contributed by atoms with Gasteiger partial charge in [0.25, 0.3) is 5.91 Å². The van der Waals surface area contributed by atoms with Crippen molar-refractivity contribution in [3.8, 4) is 0 Å². The zero-order chi connectivity index (χ0) is 19.6. The third-order valence-electron chi connectivity index (χ3n) is 4.96. The van der Waals surface area contributed by atoms with Gasteiger partial charge in [-0.3, -0.25) is 4.79 Å². The molecular weight excluding hydrogens is 357 g/mol. The van der Waals surface area contributed by atoms with Crippen molar-refractivity contribution in [2.75, 3.05) is 19.6 Å². The first-order valence-corrected chi connectivity index (χ1v) is 9.35. The summed E-state index contributed by atoms with van der Waals surface area (Å²) in [7, 11) is 0. The van der Waals surface area contributed by atoms with E-state index in [0.29, 0.717) is 23.5 Å². The molecule has 0 bridgehead atoms. The largest absolute Gasteiger partial charge is 0.449 e. The van der Waals surface area contributed by atoms with Gasteiger partial charge in [0.2, 0.25) is 5.82 Å². The van der Waals surface area contributed by atoms with E-state index in [1.54, 1.807) is 19.9 Å². The van der Waals surface area contributed by atoms with E-state index in [0.717, 1.165) is 36.9 Å². The number of benzene rings is 1. The van der Waals surface area contributed by atoms with Crippen molar-refractivity contribution >= 4 is 16.9 Å². The van der Waals surface area contributed by atoms with Gasteiger partial charge in [-0.05, 0) is 70.3 Å². The molecule has 3 rings (SSSR count). The molecule has 0 spiro atoms. The van der Waals surface area contributed by atoms with Crippen molar-refractivity contribution < 1.29 is 18.0 Å². The number of rotatable bonds is 5. The Morgan fingerprint density at radius 2 is 2.19 bits per heavy atom. The topological polar surface area (TPSA) is 59.0 Å². The number of piperidine rings is 1. The van der Waals surface area contributed by atoms with Crippen molar-refractivity contribution in [3.05, 3.63) is 29.6 Å². The highest BCUT2D eigenvalue weighted by molar-refractivity contribution is 5.97. The molecule has 1 amide bonds. The first kappa shape index (κ1) is 19.7. The zero-order valence-corrected chi connectivity index (χ0v) is 15.6. The molecule has 148 valence electrons. The monoisotopic (exact) mass is 382 g/mol. The Morgan fingerprint density at radius 1 is 1.41 bits per heavy atom. The maximum Gasteiger partial charge on any atom is 0.449 e. The molecule has 2 heterocycles. The molecule has 1 saturated heterocycles. The Labute approximate surface area is 156 Å². The van der Waals surface area contributed by atoms with Crippen LogP contribution in [0.25, 0.3) is 11.0 Å². The van der Waals surface area contributed by atoms with E-state index in [2.05, 4.69) is 15.6 Å². The van der Waals surface area contributed by atoms with Crippen LogP contribution < -0.4 is 10.6 Å². The average molecular weight is 382 g/mol. The summed E-state index contributed by atoms with van der Waals surface area (Å²) in [4.78, 5) is 16.1. The molecule has 0 aliphatic carbocycles. The Bertz CT molecular complexity index is 807. The molecule has 5 nitrogen and oxygen atoms in total. The number of halogens is 3. The van der Waals surface area contributed by atoms with Gasteiger partial charge >= 0.3 is 6.18 Å². The Kier molecular flexibility index (Phi) is 5.74. The molecule has 0 saturated carbocycles. The quantitative estimate of drug-likeness (QED) is 0.828. The molecule has 2 aromatic rings. The standard InChI is InChI=1S/C19H25F3N4O/c1-12(2)26-16-6-5-14(10-15(16)25-18(26)19(20,21)22)17(27)24-9-7-13-4-3-8-23-11-13/h5-6,10,12-13,23H,3-4,7-9,11H2,1-2H3,(H,24,27). The van der Waals surface area contributed by atoms with Gasteiger partial charge in [-0.1, -0.05) is 0 Å². The molecular formula is C19H25F3N4O. The number of fused-ring (bicyclic) bond motifs is 1. The molecule has 0 radical (unpaired) electrons. The number of nitrogens with one attached hydrogen (secondary N) is 2. The molecule has 1 aliphatic heterocycles. The molecule has 1 atom stereocenters. The van der Waals surface area contributed by atoms with Crippen LogP contribution in [0.3, 0.4) is 0 Å². The maximum absolute atomic E-state index is 13.3. The highest BCUT2D eigenvalue weighted by Gasteiger charge is 2.38. The van der Waals surface area contributed by atoms with Crippen molar-refractivity contribution in [1.29, 1.82) is 0 Å². The second kappa shape index (κ2) is 7.88. The van der Waals surface area contributed by atoms with Crippen LogP contribution in [0.4, 0.5) is 13.2 Å². The normalized spacial score (nSPS) is 18.2. The van der Waals surface area contributed by atoms with E-state index in [4.69, 9.17) is 0 Å². The molecule has 1 aliphatic rings. The fourth-order valence-electron chi connectivity index (χ4n) is 3.62. The zero-order valence-electron chi connectivity index (χ0n) is 15.6. The van der Waals surface area contributed by atoms with Gasteiger partial charge in [0.05, 0.1) is 11.0 Å². The van der Waals surface area contributed by atoms with Crippen LogP contribution in [0.2, 0.25) is 0 Å². The molecule has 8 heteroatoms. The number of hydrogen-bond donors (Lipinski definition) is 2. The minimum absolute atomic E-state index is 0.181. The maximum atomic E-state index is 13.3. The fourth-order valence-corrected chi connectivity index (χ4v) is 3.62. The SMILES string of the molecule is CC(C)n1c(C(F)(F)F)nc2cc(C(=O)NCCC3CCCNC3)ccc21. The third kappa shape index (κ3) is 4.43. The van der Waals surface area contributed by atoms with E-state index in [9.17, 15) is 18.0 Å². The van der Waals surface area contributed by atoms with E-state index in [-0.39, 0.29) is 11.4 Å². The van der Waals surface area contributed by atoms with Crippen LogP contribution in [0.1, 0.15) is 55.3 Å². The van der Waals surface area contributed by atoms with Crippen molar-refractivity contribution in [2.24, 2.45) is 5.92 Å². The second-order valence-electron chi connectivity index (χ2n) is 7.36. The Hall–Kier alpha value is -2.09. The number of nitrogens with zero attached hydrogens (tertiary/aromatic N) is 2. The number of hydrogen-bond acceptors (Lipinski definition) is 3. The summed E-state index contributed by atoms with van der Waals surface area (Å²) >= 11 is 0. The number of amides is 1. The lowest BCUT2D eigenvalue weighted by Gasteiger charge is -2.22. The number of imidazole rings is 1. The molecule has 1 fully saturated rings. The van der Waals surface area contributed by atoms with Gasteiger partial charge in [-0.15, -0.1) is 0 Å². The lowest BCUT2D eigenvalue weighted by Crippen LogP contribution is -2.33. The first-order valence-electron chi connectivity index (χ1n) is 9.35. The fraction of sp³-hybridized carbons (Fsp3) is 0.579. The van der Waals surface area contributed by atoms with E-state index in [1.165, 1.54) is 12.1 Å². The third-order valence-corrected chi connectivity index (χ3v) is 4.96. The van der Waals surface area contributed by atoms with Gasteiger partial charge in [0.15, 0.2) is 0 Å². The predicted octanol–water partition coefficient (Wildman–Crippen LogP) is 3.76. The molecule has 1 aromatic carbocycles. The predicted molar refractivity (Wildman–Crippen MR) is 97.7 cm³/mol. The number of carbonyl (C=O) groups excluding carboxylic acids is 1. The highest BCUT2D eigenvalue weighted by atomic mass is 19.4. The highest BCUT2D eigenvalue weighted by Crippen LogP contribution is 2.33. The summed E-state index contributed by atoms with van der Waals surface area (Å²) in [6.45, 7) is 5.92. The van der Waals surface area contributed by atoms with Crippen LogP contribution in [0.5, 0.6) is 0 Å². The summed E-state index contributed by atoms with van der Waals surface area (Å²) in [5, 5.41) is 6.20. The van der Waals surface area contributed by atoms with Crippen LogP contribution in [-0.4, -0.2) is 35.1 Å². The van der Waals surface area contributed by atoms with Crippen LogP contribution in [0.15, 0.2) is 18.2 Å². The summed E-state index contributed by atoms with van der Waals surface area (Å²) in [6, 6.07) is 4.13. The van der Waals surface area contributed by atoms with Crippen molar-refractivity contribution in [2.45, 2.75) is 45.3 Å². The molecule has 1 aromatic heterocycles. The summed E-state index contributed by atoms with van der Waals surface area (Å²) in [5.74, 6) is -0.666. The van der Waals surface area contributed by atoms with Gasteiger partial charge in [-0.25, -0.2) is 4.98 Å². The van der Waals surface area contributed by atoms with Gasteiger partial charge in [0, 0.05) is 18.2 Å². The first-order chi connectivity index (χ1) is 12.8. The lowest BCUT2D eigenvalue weighted by atomic mass is 9.96. The number of aromatic nitrogens is 2. The molecule has 2 N–H and O–H groups in total. The average Bonchev–Trinajstić information content (AvgIpc) is 3.02. The Balaban J connectivity index is 1.74. The second-order valence-corrected chi connectivity index (χ2v) is 7.36. The summed E-state index contributed by atoms with van der Waals surface area (Å²) in [6.07, 6.45) is -1.35. The smallest absolute Gasteiger partial charge is 0.352 e. The van der Waals surface area contributed by atoms with Crippen LogP contribution >= 0.6 is 0 Å². The van der Waals surface area contributed by atoms with Crippen molar-refractivity contribution in [1.82, 2.24) is 20.2 Å². The van der Waals surface area contributed by atoms with E-state index >= 15 is 0 Å². The minimum Gasteiger partial charge on any atom is -0.352 e. The molecule has 27 heavy (non-hydrogen) atoms. The summed E-state index contributed by atoms with van der Waals surface area (Å²) < 4.78 is 41.0. The van der Waals surface area contributed by atoms with Gasteiger partial charge < -0.3 is 15.2 Å². The van der Waals surface area contributed by atoms with Gasteiger partial charge in [0.1, 0.15) is 0 Å². The number of carbonyl (C=O) groups is 1. The van der Waals surface area contributed by atoms with E-state index in [1.807, 2.05) is 0 Å².